The molecule has 0 spiro atoms. The number of anilines is 1. The fourth-order valence-electron chi connectivity index (χ4n) is 5.63. The fraction of sp³-hybridized carbons (Fsp3) is 0.480. The maximum atomic E-state index is 12.8. The monoisotopic (exact) mass is 484 g/mol. The number of nitro benzene ring substituents is 1. The summed E-state index contributed by atoms with van der Waals surface area (Å²) in [6, 6.07) is 10.2. The molecule has 10 nitrogen and oxygen atoms in total. The highest BCUT2D eigenvalue weighted by Crippen LogP contribution is 2.49. The topological polar surface area (TPSA) is 115 Å². The summed E-state index contributed by atoms with van der Waals surface area (Å²) in [6.45, 7) is 0.968. The van der Waals surface area contributed by atoms with E-state index in [1.165, 1.54) is 24.8 Å². The molecule has 2 aliphatic rings. The Kier molecular flexibility index (Phi) is 7.02. The summed E-state index contributed by atoms with van der Waals surface area (Å²) >= 11 is 0. The van der Waals surface area contributed by atoms with E-state index in [9.17, 15) is 14.9 Å². The first-order valence-electron chi connectivity index (χ1n) is 11.6. The van der Waals surface area contributed by atoms with Gasteiger partial charge in [-0.05, 0) is 69.1 Å². The van der Waals surface area contributed by atoms with Crippen LogP contribution in [0.15, 0.2) is 36.4 Å². The smallest absolute Gasteiger partial charge is 0.319 e. The molecule has 1 aliphatic heterocycles. The second-order valence-electron chi connectivity index (χ2n) is 9.18. The average Bonchev–Trinajstić information content (AvgIpc) is 3.20. The number of amides is 2. The molecule has 0 bridgehead atoms. The lowest BCUT2D eigenvalue weighted by Crippen LogP contribution is -2.52. The number of carbonyl (C=O) groups excluding carboxylic acids is 1. The van der Waals surface area contributed by atoms with Gasteiger partial charge in [-0.15, -0.1) is 0 Å². The number of benzene rings is 2. The van der Waals surface area contributed by atoms with Gasteiger partial charge in [0, 0.05) is 17.5 Å². The maximum Gasteiger partial charge on any atom is 0.319 e. The normalized spacial score (nSPS) is 23.8. The standard InChI is InChI=1S/C25H32N4O6/c1-28-12-11-25(16-5-8-21(34-3)22(13-16)35-4)10-9-17(14-23(25)28)26-24(30)27-19-7-6-18(33-2)15-20(19)29(31)32/h5-8,13,15,17,23H,9-12,14H2,1-4H3,(H2,26,27,30)/t17-,23+,25-/m0/s1. The average molecular weight is 485 g/mol. The van der Waals surface area contributed by atoms with Gasteiger partial charge in [0.05, 0.1) is 32.3 Å². The third kappa shape index (κ3) is 4.70. The van der Waals surface area contributed by atoms with Crippen LogP contribution in [0, 0.1) is 10.1 Å². The second kappa shape index (κ2) is 9.99. The van der Waals surface area contributed by atoms with Crippen molar-refractivity contribution < 1.29 is 23.9 Å². The minimum Gasteiger partial charge on any atom is -0.496 e. The molecule has 2 N–H and O–H groups in total. The predicted molar refractivity (Wildman–Crippen MR) is 132 cm³/mol. The number of likely N-dealkylation sites (N-methyl/N-ethyl adjacent to an activating group) is 1. The number of methoxy groups -OCH3 is 3. The third-order valence-electron chi connectivity index (χ3n) is 7.47. The second-order valence-corrected chi connectivity index (χ2v) is 9.18. The van der Waals surface area contributed by atoms with Crippen molar-refractivity contribution in [2.75, 3.05) is 40.2 Å². The molecule has 1 heterocycles. The zero-order chi connectivity index (χ0) is 25.2. The van der Waals surface area contributed by atoms with Crippen LogP contribution in [0.3, 0.4) is 0 Å². The quantitative estimate of drug-likeness (QED) is 0.452. The van der Waals surface area contributed by atoms with Crippen LogP contribution < -0.4 is 24.8 Å². The van der Waals surface area contributed by atoms with Crippen LogP contribution in [0.25, 0.3) is 0 Å². The maximum absolute atomic E-state index is 12.8. The van der Waals surface area contributed by atoms with Gasteiger partial charge in [-0.25, -0.2) is 4.79 Å². The van der Waals surface area contributed by atoms with Crippen molar-refractivity contribution in [3.8, 4) is 17.2 Å². The molecule has 188 valence electrons. The minimum atomic E-state index is -0.538. The predicted octanol–water partition coefficient (Wildman–Crippen LogP) is 3.94. The number of hydrogen-bond acceptors (Lipinski definition) is 7. The lowest BCUT2D eigenvalue weighted by Gasteiger charge is -2.45. The van der Waals surface area contributed by atoms with E-state index in [0.29, 0.717) is 17.2 Å². The Balaban J connectivity index is 1.48. The molecule has 1 aliphatic carbocycles. The van der Waals surface area contributed by atoms with Crippen LogP contribution in [0.5, 0.6) is 17.2 Å². The van der Waals surface area contributed by atoms with Crippen LogP contribution in [0.2, 0.25) is 0 Å². The van der Waals surface area contributed by atoms with Gasteiger partial charge in [-0.3, -0.25) is 10.1 Å². The molecule has 1 saturated carbocycles. The van der Waals surface area contributed by atoms with Gasteiger partial charge in [0.1, 0.15) is 11.4 Å². The number of nitrogens with one attached hydrogen (secondary N) is 2. The lowest BCUT2D eigenvalue weighted by molar-refractivity contribution is -0.384. The number of rotatable bonds is 7. The van der Waals surface area contributed by atoms with E-state index in [-0.39, 0.29) is 28.9 Å². The van der Waals surface area contributed by atoms with Crippen LogP contribution in [-0.4, -0.2) is 62.9 Å². The van der Waals surface area contributed by atoms with Crippen LogP contribution in [0.1, 0.15) is 31.2 Å². The fourth-order valence-corrected chi connectivity index (χ4v) is 5.63. The highest BCUT2D eigenvalue weighted by molar-refractivity contribution is 5.92. The van der Waals surface area contributed by atoms with E-state index in [2.05, 4.69) is 34.7 Å². The molecule has 0 radical (unpaired) electrons. The number of likely N-dealkylation sites (tertiary alicyclic amines) is 1. The van der Waals surface area contributed by atoms with Gasteiger partial charge < -0.3 is 29.7 Å². The van der Waals surface area contributed by atoms with Gasteiger partial charge in [0.15, 0.2) is 11.5 Å². The van der Waals surface area contributed by atoms with Gasteiger partial charge in [-0.1, -0.05) is 6.07 Å². The zero-order valence-corrected chi connectivity index (χ0v) is 20.5. The Hall–Kier alpha value is -3.53. The Labute approximate surface area is 204 Å². The highest BCUT2D eigenvalue weighted by atomic mass is 16.6. The molecule has 35 heavy (non-hydrogen) atoms. The number of ether oxygens (including phenoxy) is 3. The Morgan fingerprint density at radius 1 is 1.09 bits per heavy atom. The molecular weight excluding hydrogens is 452 g/mol. The number of urea groups is 1. The van der Waals surface area contributed by atoms with Crippen LogP contribution in [0.4, 0.5) is 16.2 Å². The van der Waals surface area contributed by atoms with E-state index in [4.69, 9.17) is 14.2 Å². The number of fused-ring (bicyclic) bond motifs is 1. The van der Waals surface area contributed by atoms with Crippen molar-refractivity contribution in [3.63, 3.8) is 0 Å². The van der Waals surface area contributed by atoms with E-state index < -0.39 is 11.0 Å². The first kappa shape index (κ1) is 24.6. The zero-order valence-electron chi connectivity index (χ0n) is 20.5. The largest absolute Gasteiger partial charge is 0.496 e. The Morgan fingerprint density at radius 2 is 1.86 bits per heavy atom. The lowest BCUT2D eigenvalue weighted by atomic mass is 9.65. The SMILES string of the molecule is COc1ccc(NC(=O)N[C@H]2CC[C@@]3(c4ccc(OC)c(OC)c4)CCN(C)[C@@H]3C2)c([N+](=O)[O-])c1. The minimum absolute atomic E-state index is 0.0300. The molecule has 1 saturated heterocycles. The van der Waals surface area contributed by atoms with Gasteiger partial charge in [0.25, 0.3) is 5.69 Å². The van der Waals surface area contributed by atoms with Crippen molar-refractivity contribution in [1.82, 2.24) is 10.2 Å². The van der Waals surface area contributed by atoms with Gasteiger partial charge >= 0.3 is 6.03 Å². The van der Waals surface area contributed by atoms with Gasteiger partial charge in [-0.2, -0.15) is 0 Å². The van der Waals surface area contributed by atoms with Gasteiger partial charge in [0.2, 0.25) is 0 Å². The van der Waals surface area contributed by atoms with Crippen LogP contribution >= 0.6 is 0 Å². The summed E-state index contributed by atoms with van der Waals surface area (Å²) in [5.41, 5.74) is 1.10. The molecule has 0 unspecified atom stereocenters. The number of nitro groups is 1. The van der Waals surface area contributed by atoms with E-state index in [1.54, 1.807) is 20.3 Å². The summed E-state index contributed by atoms with van der Waals surface area (Å²) in [5, 5.41) is 17.1. The van der Waals surface area contributed by atoms with Crippen molar-refractivity contribution in [1.29, 1.82) is 0 Å². The van der Waals surface area contributed by atoms with Crippen LogP contribution in [-0.2, 0) is 5.41 Å². The summed E-state index contributed by atoms with van der Waals surface area (Å²) in [7, 11) is 6.83. The number of carbonyl (C=O) groups is 1. The summed E-state index contributed by atoms with van der Waals surface area (Å²) in [5.74, 6) is 1.77. The number of hydrogen-bond donors (Lipinski definition) is 2. The van der Waals surface area contributed by atoms with E-state index >= 15 is 0 Å². The third-order valence-corrected chi connectivity index (χ3v) is 7.47. The Bertz CT molecular complexity index is 1110. The summed E-state index contributed by atoms with van der Waals surface area (Å²) in [6.07, 6.45) is 3.52. The van der Waals surface area contributed by atoms with Crippen molar-refractivity contribution in [3.05, 3.63) is 52.1 Å². The molecular formula is C25H32N4O6. The molecule has 10 heteroatoms. The Morgan fingerprint density at radius 3 is 2.54 bits per heavy atom. The van der Waals surface area contributed by atoms with Crippen molar-refractivity contribution in [2.45, 2.75) is 43.2 Å². The van der Waals surface area contributed by atoms with Crippen molar-refractivity contribution in [2.24, 2.45) is 0 Å². The summed E-state index contributed by atoms with van der Waals surface area (Å²) < 4.78 is 16.0. The molecule has 2 fully saturated rings. The first-order chi connectivity index (χ1) is 16.8. The molecule has 2 aromatic rings. The molecule has 3 atom stereocenters. The summed E-state index contributed by atoms with van der Waals surface area (Å²) in [4.78, 5) is 26.0. The highest BCUT2D eigenvalue weighted by Gasteiger charge is 2.50. The molecule has 2 amide bonds. The van der Waals surface area contributed by atoms with E-state index in [1.807, 2.05) is 6.07 Å². The molecule has 0 aromatic heterocycles. The van der Waals surface area contributed by atoms with Crippen molar-refractivity contribution >= 4 is 17.4 Å². The van der Waals surface area contributed by atoms with E-state index in [0.717, 1.165) is 32.2 Å². The molecule has 4 rings (SSSR count). The number of nitrogens with zero attached hydrogens (tertiary/aromatic N) is 2. The first-order valence-corrected chi connectivity index (χ1v) is 11.6. The molecule has 2 aromatic carbocycles.